The number of hydrogen-bond acceptors (Lipinski definition) is 9. The van der Waals surface area contributed by atoms with Crippen molar-refractivity contribution in [3.63, 3.8) is 0 Å². The minimum absolute atomic E-state index is 0.410. The molecule has 2 N–H and O–H groups in total. The van der Waals surface area contributed by atoms with Crippen molar-refractivity contribution < 1.29 is 14.2 Å². The Morgan fingerprint density at radius 1 is 1.05 bits per heavy atom. The number of fused-ring (bicyclic) bond motifs is 1. The second kappa shape index (κ2) is 12.1. The standard InChI is InChI=1S/C29H32N8O3/c1-38-14-15-39-27-11-6-21(16-31-27)20-40-25-9-7-22(8-10-25)26-5-3-13-37-28(26)34-29(35-37)33-24-17-32-36(19-24)18-23-4-2-12-30-23/h3,5-11,13,16-17,19,23,30H,2,4,12,14-15,18,20H2,1H3,(H,33,35)/t23-/m1/s1. The van der Waals surface area contributed by atoms with Crippen molar-refractivity contribution in [1.29, 1.82) is 0 Å². The molecule has 0 aliphatic carbocycles. The van der Waals surface area contributed by atoms with Gasteiger partial charge in [0.15, 0.2) is 5.65 Å². The van der Waals surface area contributed by atoms with Gasteiger partial charge in [-0.2, -0.15) is 10.1 Å². The average Bonchev–Trinajstić information content (AvgIpc) is 3.75. The molecule has 1 fully saturated rings. The Morgan fingerprint density at radius 3 is 2.77 bits per heavy atom. The summed E-state index contributed by atoms with van der Waals surface area (Å²) < 4.78 is 20.2. The van der Waals surface area contributed by atoms with Crippen LogP contribution in [-0.2, 0) is 17.9 Å². The Bertz CT molecular complexity index is 1530. The van der Waals surface area contributed by atoms with Gasteiger partial charge in [0.25, 0.3) is 0 Å². The number of pyridine rings is 2. The lowest BCUT2D eigenvalue weighted by Crippen LogP contribution is -2.26. The number of nitrogens with one attached hydrogen (secondary N) is 2. The summed E-state index contributed by atoms with van der Waals surface area (Å²) in [6.07, 6.45) is 9.86. The predicted molar refractivity (Wildman–Crippen MR) is 151 cm³/mol. The third-order valence-corrected chi connectivity index (χ3v) is 6.73. The van der Waals surface area contributed by atoms with E-state index in [-0.39, 0.29) is 0 Å². The van der Waals surface area contributed by atoms with Gasteiger partial charge in [0.1, 0.15) is 19.0 Å². The molecule has 1 saturated heterocycles. The van der Waals surface area contributed by atoms with Crippen molar-refractivity contribution in [3.05, 3.63) is 78.9 Å². The van der Waals surface area contributed by atoms with Gasteiger partial charge in [-0.25, -0.2) is 9.50 Å². The van der Waals surface area contributed by atoms with E-state index in [1.165, 1.54) is 12.8 Å². The van der Waals surface area contributed by atoms with Crippen LogP contribution in [0.2, 0.25) is 0 Å². The number of ether oxygens (including phenoxy) is 3. The van der Waals surface area contributed by atoms with Gasteiger partial charge in [-0.15, -0.1) is 5.10 Å². The summed E-state index contributed by atoms with van der Waals surface area (Å²) in [7, 11) is 1.64. The fourth-order valence-electron chi connectivity index (χ4n) is 4.69. The first-order valence-electron chi connectivity index (χ1n) is 13.4. The number of hydrogen-bond donors (Lipinski definition) is 2. The lowest BCUT2D eigenvalue weighted by molar-refractivity contribution is 0.143. The Kier molecular flexibility index (Phi) is 7.83. The van der Waals surface area contributed by atoms with Gasteiger partial charge < -0.3 is 24.8 Å². The van der Waals surface area contributed by atoms with E-state index >= 15 is 0 Å². The number of anilines is 2. The second-order valence-corrected chi connectivity index (χ2v) is 9.65. The highest BCUT2D eigenvalue weighted by Gasteiger charge is 2.15. The van der Waals surface area contributed by atoms with E-state index < -0.39 is 0 Å². The number of rotatable bonds is 12. The van der Waals surface area contributed by atoms with Crippen LogP contribution in [-0.4, -0.2) is 62.3 Å². The molecule has 1 aliphatic heterocycles. The highest BCUT2D eigenvalue weighted by molar-refractivity contribution is 5.78. The summed E-state index contributed by atoms with van der Waals surface area (Å²) in [5, 5.41) is 15.9. The van der Waals surface area contributed by atoms with E-state index in [2.05, 4.69) is 25.8 Å². The molecule has 0 unspecified atom stereocenters. The maximum absolute atomic E-state index is 5.97. The van der Waals surface area contributed by atoms with E-state index in [1.807, 2.05) is 71.8 Å². The van der Waals surface area contributed by atoms with Crippen molar-refractivity contribution >= 4 is 17.3 Å². The first kappa shape index (κ1) is 25.8. The molecule has 11 nitrogen and oxygen atoms in total. The summed E-state index contributed by atoms with van der Waals surface area (Å²) >= 11 is 0. The minimum Gasteiger partial charge on any atom is -0.489 e. The molecule has 0 spiro atoms. The first-order chi connectivity index (χ1) is 19.7. The lowest BCUT2D eigenvalue weighted by Gasteiger charge is -2.09. The molecule has 1 aliphatic rings. The smallest absolute Gasteiger partial charge is 0.247 e. The van der Waals surface area contributed by atoms with Crippen LogP contribution >= 0.6 is 0 Å². The van der Waals surface area contributed by atoms with Crippen LogP contribution in [0.15, 0.2) is 73.3 Å². The molecule has 0 bridgehead atoms. The topological polar surface area (TPSA) is 113 Å². The fraction of sp³-hybridized carbons (Fsp3) is 0.310. The Labute approximate surface area is 232 Å². The summed E-state index contributed by atoms with van der Waals surface area (Å²) in [5.41, 5.74) is 4.58. The van der Waals surface area contributed by atoms with E-state index in [0.29, 0.717) is 37.7 Å². The monoisotopic (exact) mass is 540 g/mol. The molecule has 4 aromatic heterocycles. The van der Waals surface area contributed by atoms with Crippen LogP contribution < -0.4 is 20.1 Å². The van der Waals surface area contributed by atoms with Crippen LogP contribution in [0.1, 0.15) is 18.4 Å². The quantitative estimate of drug-likeness (QED) is 0.226. The average molecular weight is 541 g/mol. The molecular weight excluding hydrogens is 508 g/mol. The Hall–Kier alpha value is -4.48. The van der Waals surface area contributed by atoms with Crippen LogP contribution in [0.3, 0.4) is 0 Å². The van der Waals surface area contributed by atoms with Gasteiger partial charge in [-0.05, 0) is 55.3 Å². The summed E-state index contributed by atoms with van der Waals surface area (Å²) in [6.45, 7) is 3.34. The number of methoxy groups -OCH3 is 1. The number of benzene rings is 1. The van der Waals surface area contributed by atoms with Gasteiger partial charge in [0.05, 0.1) is 25.0 Å². The zero-order chi connectivity index (χ0) is 27.1. The highest BCUT2D eigenvalue weighted by atomic mass is 16.5. The molecule has 6 rings (SSSR count). The van der Waals surface area contributed by atoms with Gasteiger partial charge in [0.2, 0.25) is 11.8 Å². The third kappa shape index (κ3) is 6.22. The molecule has 40 heavy (non-hydrogen) atoms. The Balaban J connectivity index is 1.09. The van der Waals surface area contributed by atoms with E-state index in [4.69, 9.17) is 19.2 Å². The Morgan fingerprint density at radius 2 is 1.98 bits per heavy atom. The minimum atomic E-state index is 0.410. The van der Waals surface area contributed by atoms with Crippen LogP contribution in [0.25, 0.3) is 16.8 Å². The lowest BCUT2D eigenvalue weighted by atomic mass is 10.1. The van der Waals surface area contributed by atoms with Crippen molar-refractivity contribution in [1.82, 2.24) is 34.7 Å². The van der Waals surface area contributed by atoms with Crippen molar-refractivity contribution in [3.8, 4) is 22.8 Å². The van der Waals surface area contributed by atoms with Gasteiger partial charge in [-0.1, -0.05) is 12.1 Å². The van der Waals surface area contributed by atoms with Crippen molar-refractivity contribution in [2.45, 2.75) is 32.0 Å². The summed E-state index contributed by atoms with van der Waals surface area (Å²) in [4.78, 5) is 9.07. The van der Waals surface area contributed by atoms with E-state index in [0.717, 1.165) is 46.9 Å². The SMILES string of the molecule is COCCOc1ccc(COc2ccc(-c3cccn4nc(Nc5cnn(C[C@H]6CCCN6)c5)nc34)cc2)cn1. The van der Waals surface area contributed by atoms with Gasteiger partial charge >= 0.3 is 0 Å². The molecule has 1 aromatic carbocycles. The van der Waals surface area contributed by atoms with Crippen LogP contribution in [0, 0.1) is 0 Å². The second-order valence-electron chi connectivity index (χ2n) is 9.65. The molecule has 0 amide bonds. The summed E-state index contributed by atoms with van der Waals surface area (Å²) in [5.74, 6) is 1.86. The predicted octanol–water partition coefficient (Wildman–Crippen LogP) is 4.09. The molecule has 206 valence electrons. The van der Waals surface area contributed by atoms with Crippen LogP contribution in [0.4, 0.5) is 11.6 Å². The zero-order valence-corrected chi connectivity index (χ0v) is 22.4. The molecule has 0 radical (unpaired) electrons. The number of aromatic nitrogens is 6. The normalized spacial score (nSPS) is 15.0. The van der Waals surface area contributed by atoms with Crippen molar-refractivity contribution in [2.24, 2.45) is 0 Å². The molecule has 5 heterocycles. The largest absolute Gasteiger partial charge is 0.489 e. The zero-order valence-electron chi connectivity index (χ0n) is 22.4. The van der Waals surface area contributed by atoms with Crippen LogP contribution in [0.5, 0.6) is 11.6 Å². The molecule has 11 heteroatoms. The summed E-state index contributed by atoms with van der Waals surface area (Å²) in [6, 6.07) is 16.2. The highest BCUT2D eigenvalue weighted by Crippen LogP contribution is 2.27. The van der Waals surface area contributed by atoms with Gasteiger partial charge in [-0.3, -0.25) is 4.68 Å². The van der Waals surface area contributed by atoms with E-state index in [1.54, 1.807) is 17.8 Å². The molecule has 0 saturated carbocycles. The maximum Gasteiger partial charge on any atom is 0.247 e. The van der Waals surface area contributed by atoms with E-state index in [9.17, 15) is 0 Å². The van der Waals surface area contributed by atoms with Gasteiger partial charge in [0, 0.05) is 48.9 Å². The fourth-order valence-corrected chi connectivity index (χ4v) is 4.69. The molecule has 5 aromatic rings. The molecular formula is C29H32N8O3. The maximum atomic E-state index is 5.97. The number of nitrogens with zero attached hydrogens (tertiary/aromatic N) is 6. The first-order valence-corrected chi connectivity index (χ1v) is 13.4. The van der Waals surface area contributed by atoms with Crippen molar-refractivity contribution in [2.75, 3.05) is 32.2 Å². The third-order valence-electron chi connectivity index (χ3n) is 6.73. The molecule has 1 atom stereocenters.